The zero-order chi connectivity index (χ0) is 43.4. The number of aromatic nitrogens is 6. The molecule has 4 N–H and O–H groups in total. The minimum atomic E-state index is -0.719. The van der Waals surface area contributed by atoms with Crippen molar-refractivity contribution in [3.8, 4) is 39.8 Å². The second-order valence-electron chi connectivity index (χ2n) is 16.1. The van der Waals surface area contributed by atoms with Crippen molar-refractivity contribution in [1.29, 1.82) is 0 Å². The number of likely N-dealkylation sites (tertiary alicyclic amines) is 2. The molecule has 0 aliphatic carbocycles. The first-order valence-electron chi connectivity index (χ1n) is 20.9. The van der Waals surface area contributed by atoms with Gasteiger partial charge in [-0.1, -0.05) is 58.0 Å². The average Bonchev–Trinajstić information content (AvgIpc) is 4.11. The number of ether oxygens (including phenoxy) is 3. The molecule has 2 saturated heterocycles. The lowest BCUT2D eigenvalue weighted by Crippen LogP contribution is -2.51. The van der Waals surface area contributed by atoms with Crippen LogP contribution in [0.1, 0.15) is 84.0 Å². The van der Waals surface area contributed by atoms with Gasteiger partial charge in [0.2, 0.25) is 17.7 Å². The zero-order valence-electron chi connectivity index (χ0n) is 35.7. The number of aromatic amines is 2. The predicted molar refractivity (Wildman–Crippen MR) is 227 cm³/mol. The van der Waals surface area contributed by atoms with E-state index in [1.807, 2.05) is 77.1 Å². The van der Waals surface area contributed by atoms with Crippen LogP contribution in [0.15, 0.2) is 54.9 Å². The fourth-order valence-corrected chi connectivity index (χ4v) is 8.13. The highest BCUT2D eigenvalue weighted by Gasteiger charge is 2.39. The van der Waals surface area contributed by atoms with Crippen LogP contribution in [0, 0.1) is 11.8 Å². The van der Waals surface area contributed by atoms with Gasteiger partial charge in [-0.15, -0.1) is 0 Å². The van der Waals surface area contributed by atoms with Crippen LogP contribution in [0.3, 0.4) is 0 Å². The summed E-state index contributed by atoms with van der Waals surface area (Å²) in [4.78, 5) is 80.9. The lowest BCUT2D eigenvalue weighted by atomic mass is 10.0. The Hall–Kier alpha value is -6.52. The standard InChI is InChI=1S/C44H54N10O7/c1-8-61-40-29-21-28(32-23-46-39(49-32)34-12-10-20-54(34)42(56)36(25(4)5)51-44(58)60-7)17-18-30(29)47-37(52-40)27-15-13-26(14-16-27)31-22-45-38(48-31)33-11-9-19-53(33)41(55)35(24(2)3)50-43(57)59-6/h13-18,21-25,33-36H,8-12,19-20H2,1-7H3,(H,45,48)(H,46,49)(H,50,57)(H,51,58). The summed E-state index contributed by atoms with van der Waals surface area (Å²) in [6, 6.07) is 11.8. The number of alkyl carbamates (subject to hydrolysis) is 2. The first kappa shape index (κ1) is 42.6. The topological polar surface area (TPSA) is 210 Å². The van der Waals surface area contributed by atoms with E-state index in [2.05, 4.69) is 25.6 Å². The molecule has 5 aromatic rings. The molecular weight excluding hydrogens is 781 g/mol. The Kier molecular flexibility index (Phi) is 12.8. The third-order valence-corrected chi connectivity index (χ3v) is 11.4. The van der Waals surface area contributed by atoms with E-state index in [1.165, 1.54) is 14.2 Å². The van der Waals surface area contributed by atoms with E-state index < -0.39 is 24.3 Å². The average molecular weight is 835 g/mol. The Labute approximate surface area is 354 Å². The zero-order valence-corrected chi connectivity index (χ0v) is 35.7. The largest absolute Gasteiger partial charge is 0.477 e. The van der Waals surface area contributed by atoms with Gasteiger partial charge < -0.3 is 44.6 Å². The molecule has 2 aliphatic rings. The highest BCUT2D eigenvalue weighted by atomic mass is 16.5. The summed E-state index contributed by atoms with van der Waals surface area (Å²) >= 11 is 0. The van der Waals surface area contributed by atoms with E-state index >= 15 is 0 Å². The summed E-state index contributed by atoms with van der Waals surface area (Å²) in [5.74, 6) is 1.75. The van der Waals surface area contributed by atoms with Gasteiger partial charge in [0, 0.05) is 24.2 Å². The molecule has 61 heavy (non-hydrogen) atoms. The maximum Gasteiger partial charge on any atom is 0.407 e. The number of carbonyl (C=O) groups excluding carboxylic acids is 4. The van der Waals surface area contributed by atoms with Crippen molar-refractivity contribution in [3.63, 3.8) is 0 Å². The SMILES string of the molecule is CCOc1nc(-c2ccc(-c3cnc(C4CCCN4C(=O)C(NC(=O)OC)C(C)C)[nH]3)cc2)nc2ccc(-c3cnc(C4CCCN4C(=O)C(NC(=O)OC)C(C)C)[nH]3)cc12. The molecule has 4 amide bonds. The maximum atomic E-state index is 13.7. The predicted octanol–water partition coefficient (Wildman–Crippen LogP) is 6.56. The molecule has 0 spiro atoms. The van der Waals surface area contributed by atoms with E-state index in [0.717, 1.165) is 59.1 Å². The van der Waals surface area contributed by atoms with Crippen molar-refractivity contribution in [2.24, 2.45) is 11.8 Å². The Morgan fingerprint density at radius 2 is 1.21 bits per heavy atom. The van der Waals surface area contributed by atoms with Crippen molar-refractivity contribution in [3.05, 3.63) is 66.5 Å². The lowest BCUT2D eigenvalue weighted by molar-refractivity contribution is -0.136. The number of H-pyrrole nitrogens is 2. The Morgan fingerprint density at radius 1 is 0.721 bits per heavy atom. The third-order valence-electron chi connectivity index (χ3n) is 11.4. The van der Waals surface area contributed by atoms with Crippen molar-refractivity contribution in [2.45, 2.75) is 84.5 Å². The number of methoxy groups -OCH3 is 2. The van der Waals surface area contributed by atoms with Crippen LogP contribution in [0.2, 0.25) is 0 Å². The Morgan fingerprint density at radius 3 is 1.70 bits per heavy atom. The molecular formula is C44H54N10O7. The Balaban J connectivity index is 1.08. The van der Waals surface area contributed by atoms with Crippen molar-refractivity contribution in [1.82, 2.24) is 50.3 Å². The lowest BCUT2D eigenvalue weighted by Gasteiger charge is -2.30. The summed E-state index contributed by atoms with van der Waals surface area (Å²) in [5.41, 5.74) is 4.86. The van der Waals surface area contributed by atoms with Gasteiger partial charge in [-0.3, -0.25) is 9.59 Å². The minimum absolute atomic E-state index is 0.124. The molecule has 7 rings (SSSR count). The van der Waals surface area contributed by atoms with Gasteiger partial charge in [0.15, 0.2) is 5.82 Å². The van der Waals surface area contributed by atoms with E-state index in [1.54, 1.807) is 22.2 Å². The molecule has 0 radical (unpaired) electrons. The molecule has 2 aliphatic heterocycles. The molecule has 2 aromatic carbocycles. The molecule has 0 bridgehead atoms. The number of hydrogen-bond acceptors (Lipinski definition) is 11. The third kappa shape index (κ3) is 9.00. The minimum Gasteiger partial charge on any atom is -0.477 e. The molecule has 3 aromatic heterocycles. The van der Waals surface area contributed by atoms with Crippen LogP contribution in [0.5, 0.6) is 5.88 Å². The highest BCUT2D eigenvalue weighted by Crippen LogP contribution is 2.36. The van der Waals surface area contributed by atoms with Gasteiger partial charge in [0.25, 0.3) is 0 Å². The van der Waals surface area contributed by atoms with Crippen molar-refractivity contribution < 1.29 is 33.4 Å². The summed E-state index contributed by atoms with van der Waals surface area (Å²) in [7, 11) is 2.56. The molecule has 4 atom stereocenters. The first-order valence-corrected chi connectivity index (χ1v) is 20.9. The number of hydrogen-bond donors (Lipinski definition) is 4. The fourth-order valence-electron chi connectivity index (χ4n) is 8.13. The van der Waals surface area contributed by atoms with E-state index in [-0.39, 0.29) is 35.7 Å². The van der Waals surface area contributed by atoms with Gasteiger partial charge in [0.05, 0.1) is 67.6 Å². The second-order valence-corrected chi connectivity index (χ2v) is 16.1. The van der Waals surface area contributed by atoms with Crippen LogP contribution in [-0.4, -0.2) is 110 Å². The summed E-state index contributed by atoms with van der Waals surface area (Å²) in [6.45, 7) is 11.0. The number of fused-ring (bicyclic) bond motifs is 1. The van der Waals surface area contributed by atoms with Gasteiger partial charge in [0.1, 0.15) is 23.7 Å². The number of amides is 4. The number of benzene rings is 2. The number of carbonyl (C=O) groups is 4. The molecule has 322 valence electrons. The monoisotopic (exact) mass is 834 g/mol. The summed E-state index contributed by atoms with van der Waals surface area (Å²) in [5, 5.41) is 6.13. The second kappa shape index (κ2) is 18.4. The van der Waals surface area contributed by atoms with Gasteiger partial charge in [-0.25, -0.2) is 24.5 Å². The van der Waals surface area contributed by atoms with E-state index in [4.69, 9.17) is 29.2 Å². The molecule has 0 saturated carbocycles. The summed E-state index contributed by atoms with van der Waals surface area (Å²) < 4.78 is 15.6. The molecule has 17 nitrogen and oxygen atoms in total. The van der Waals surface area contributed by atoms with Gasteiger partial charge in [-0.05, 0) is 62.1 Å². The molecule has 4 unspecified atom stereocenters. The van der Waals surface area contributed by atoms with Crippen molar-refractivity contribution >= 4 is 34.9 Å². The number of nitrogens with one attached hydrogen (secondary N) is 4. The van der Waals surface area contributed by atoms with Crippen molar-refractivity contribution in [2.75, 3.05) is 33.9 Å². The highest BCUT2D eigenvalue weighted by molar-refractivity contribution is 5.90. The van der Waals surface area contributed by atoms with E-state index in [0.29, 0.717) is 48.6 Å². The van der Waals surface area contributed by atoms with Gasteiger partial charge >= 0.3 is 12.2 Å². The summed E-state index contributed by atoms with van der Waals surface area (Å²) in [6.07, 6.45) is 5.40. The van der Waals surface area contributed by atoms with Crippen LogP contribution in [0.4, 0.5) is 9.59 Å². The molecule has 2 fully saturated rings. The van der Waals surface area contributed by atoms with Crippen LogP contribution >= 0.6 is 0 Å². The van der Waals surface area contributed by atoms with Crippen LogP contribution in [0.25, 0.3) is 44.8 Å². The fraction of sp³-hybridized carbons (Fsp3) is 0.455. The molecule has 5 heterocycles. The molecule has 17 heteroatoms. The number of rotatable bonds is 13. The van der Waals surface area contributed by atoms with Crippen LogP contribution in [-0.2, 0) is 19.1 Å². The van der Waals surface area contributed by atoms with Gasteiger partial charge in [-0.2, -0.15) is 4.98 Å². The first-order chi connectivity index (χ1) is 29.4. The smallest absolute Gasteiger partial charge is 0.407 e. The number of nitrogens with zero attached hydrogens (tertiary/aromatic N) is 6. The van der Waals surface area contributed by atoms with Crippen LogP contribution < -0.4 is 15.4 Å². The quantitative estimate of drug-likeness (QED) is 0.0998. The Bertz CT molecular complexity index is 2380. The normalized spacial score (nSPS) is 17.5. The number of imidazole rings is 2. The maximum absolute atomic E-state index is 13.7. The van der Waals surface area contributed by atoms with E-state index in [9.17, 15) is 19.2 Å².